The van der Waals surface area contributed by atoms with E-state index in [1.807, 2.05) is 6.92 Å². The fourth-order valence-electron chi connectivity index (χ4n) is 5.30. The number of para-hydroxylation sites is 1. The molecule has 12 heteroatoms. The Hall–Kier alpha value is -4.03. The minimum Gasteiger partial charge on any atom is -0.485 e. The van der Waals surface area contributed by atoms with Gasteiger partial charge in [-0.2, -0.15) is 0 Å². The van der Waals surface area contributed by atoms with E-state index in [0.29, 0.717) is 55.5 Å². The first-order valence-corrected chi connectivity index (χ1v) is 14.3. The van der Waals surface area contributed by atoms with Crippen molar-refractivity contribution in [3.8, 4) is 17.2 Å². The highest BCUT2D eigenvalue weighted by Crippen LogP contribution is 2.36. The molecule has 0 aromatic heterocycles. The highest BCUT2D eigenvalue weighted by atomic mass is 16.7. The molecule has 0 unspecified atom stereocenters. The molecule has 3 aliphatic heterocycles. The quantitative estimate of drug-likeness (QED) is 0.453. The summed E-state index contributed by atoms with van der Waals surface area (Å²) in [5.41, 5.74) is 1.23. The number of aliphatic hydroxyl groups is 1. The van der Waals surface area contributed by atoms with Gasteiger partial charge in [0.15, 0.2) is 17.2 Å². The predicted octanol–water partition coefficient (Wildman–Crippen LogP) is 3.16. The Kier molecular flexibility index (Phi) is 9.03. The second-order valence-corrected chi connectivity index (χ2v) is 11.1. The smallest absolute Gasteiger partial charge is 0.321 e. The van der Waals surface area contributed by atoms with E-state index < -0.39 is 12.1 Å². The number of fused-ring (bicyclic) bond motifs is 2. The fourth-order valence-corrected chi connectivity index (χ4v) is 5.30. The van der Waals surface area contributed by atoms with Crippen molar-refractivity contribution < 1.29 is 38.4 Å². The molecule has 2 aromatic rings. The third-order valence-electron chi connectivity index (χ3n) is 7.97. The molecule has 0 spiro atoms. The number of aliphatic hydroxyl groups excluding tert-OH is 1. The third-order valence-corrected chi connectivity index (χ3v) is 7.97. The van der Waals surface area contributed by atoms with Gasteiger partial charge in [0.25, 0.3) is 5.91 Å². The Bertz CT molecular complexity index is 1310. The molecule has 0 saturated carbocycles. The lowest BCUT2D eigenvalue weighted by Crippen LogP contribution is -2.50. The maximum absolute atomic E-state index is 13.7. The van der Waals surface area contributed by atoms with Crippen LogP contribution in [0.4, 0.5) is 16.2 Å². The standard InChI is InChI=1S/C30H38N4O8/c1-18-14-34(19(2)16-35)29(37)22-5-4-6-23(32-28(36)20-9-11-39-12-10-20)27(22)42-26(18)15-33(3)30(38)31-21-7-8-24-25(13-21)41-17-40-24/h4-8,13,18-20,26,35H,9-12,14-17H2,1-3H3,(H,31,38)(H,32,36)/t18-,19+,26+/m0/s1. The lowest BCUT2D eigenvalue weighted by molar-refractivity contribution is -0.122. The molecule has 3 N–H and O–H groups in total. The summed E-state index contributed by atoms with van der Waals surface area (Å²) in [4.78, 5) is 43.1. The first-order chi connectivity index (χ1) is 20.2. The van der Waals surface area contributed by atoms with Gasteiger partial charge in [0.05, 0.1) is 30.4 Å². The van der Waals surface area contributed by atoms with Gasteiger partial charge in [-0.3, -0.25) is 9.59 Å². The Morgan fingerprint density at radius 1 is 1.12 bits per heavy atom. The molecule has 1 fully saturated rings. The van der Waals surface area contributed by atoms with Gasteiger partial charge in [-0.15, -0.1) is 0 Å². The van der Waals surface area contributed by atoms with E-state index in [0.717, 1.165) is 0 Å². The molecule has 3 atom stereocenters. The van der Waals surface area contributed by atoms with E-state index in [1.165, 1.54) is 4.90 Å². The Morgan fingerprint density at radius 2 is 1.88 bits per heavy atom. The number of nitrogens with zero attached hydrogens (tertiary/aromatic N) is 2. The average Bonchev–Trinajstić information content (AvgIpc) is 3.47. The van der Waals surface area contributed by atoms with Crippen molar-refractivity contribution in [2.75, 3.05) is 57.4 Å². The summed E-state index contributed by atoms with van der Waals surface area (Å²) in [6.07, 6.45) is 0.690. The normalized spacial score (nSPS) is 21.0. The Balaban J connectivity index is 1.39. The zero-order valence-electron chi connectivity index (χ0n) is 24.1. The SMILES string of the molecule is C[C@H](CO)N1C[C@H](C)[C@@H](CN(C)C(=O)Nc2ccc3c(c2)OCO3)Oc2c(NC(=O)C3CCOCC3)cccc2C1=O. The van der Waals surface area contributed by atoms with Crippen molar-refractivity contribution >= 4 is 29.2 Å². The first-order valence-electron chi connectivity index (χ1n) is 14.3. The highest BCUT2D eigenvalue weighted by Gasteiger charge is 2.35. The van der Waals surface area contributed by atoms with Crippen molar-refractivity contribution in [3.05, 3.63) is 42.0 Å². The molecule has 42 heavy (non-hydrogen) atoms. The summed E-state index contributed by atoms with van der Waals surface area (Å²) in [6.45, 7) is 5.18. The lowest BCUT2D eigenvalue weighted by atomic mass is 9.98. The fraction of sp³-hybridized carbons (Fsp3) is 0.500. The van der Waals surface area contributed by atoms with Gasteiger partial charge in [-0.1, -0.05) is 13.0 Å². The molecule has 1 saturated heterocycles. The van der Waals surface area contributed by atoms with E-state index >= 15 is 0 Å². The zero-order chi connectivity index (χ0) is 29.8. The maximum Gasteiger partial charge on any atom is 0.321 e. The number of hydrogen-bond acceptors (Lipinski definition) is 8. The molecule has 0 bridgehead atoms. The monoisotopic (exact) mass is 582 g/mol. The van der Waals surface area contributed by atoms with Crippen LogP contribution < -0.4 is 24.8 Å². The van der Waals surface area contributed by atoms with E-state index in [4.69, 9.17) is 18.9 Å². The van der Waals surface area contributed by atoms with Crippen LogP contribution >= 0.6 is 0 Å². The summed E-state index contributed by atoms with van der Waals surface area (Å²) in [6, 6.07) is 9.43. The van der Waals surface area contributed by atoms with E-state index in [1.54, 1.807) is 55.3 Å². The number of anilines is 2. The molecule has 0 aliphatic carbocycles. The minimum absolute atomic E-state index is 0.136. The number of likely N-dealkylation sites (N-methyl/N-ethyl adjacent to an activating group) is 1. The van der Waals surface area contributed by atoms with Gasteiger partial charge in [0.2, 0.25) is 12.7 Å². The van der Waals surface area contributed by atoms with Crippen molar-refractivity contribution in [2.24, 2.45) is 11.8 Å². The highest BCUT2D eigenvalue weighted by molar-refractivity contribution is 6.02. The molecule has 226 valence electrons. The average molecular weight is 583 g/mol. The second kappa shape index (κ2) is 12.9. The van der Waals surface area contributed by atoms with Crippen LogP contribution in [0.15, 0.2) is 36.4 Å². The first kappa shape index (κ1) is 29.5. The number of hydrogen-bond donors (Lipinski definition) is 3. The van der Waals surface area contributed by atoms with Crippen LogP contribution in [0.2, 0.25) is 0 Å². The summed E-state index contributed by atoms with van der Waals surface area (Å²) in [5, 5.41) is 15.8. The van der Waals surface area contributed by atoms with Crippen LogP contribution in [-0.4, -0.2) is 91.6 Å². The molecule has 12 nitrogen and oxygen atoms in total. The number of rotatable bonds is 7. The van der Waals surface area contributed by atoms with Gasteiger partial charge in [0, 0.05) is 50.4 Å². The molecule has 3 heterocycles. The van der Waals surface area contributed by atoms with Crippen LogP contribution in [0.5, 0.6) is 17.2 Å². The number of amides is 4. The van der Waals surface area contributed by atoms with Gasteiger partial charge in [0.1, 0.15) is 6.10 Å². The molecule has 0 radical (unpaired) electrons. The molecule has 3 aliphatic rings. The molecule has 2 aromatic carbocycles. The lowest BCUT2D eigenvalue weighted by Gasteiger charge is -2.38. The number of nitrogens with one attached hydrogen (secondary N) is 2. The third kappa shape index (κ3) is 6.39. The van der Waals surface area contributed by atoms with E-state index in [2.05, 4.69) is 10.6 Å². The van der Waals surface area contributed by atoms with Crippen LogP contribution in [0.3, 0.4) is 0 Å². The van der Waals surface area contributed by atoms with Crippen LogP contribution in [0.25, 0.3) is 0 Å². The second-order valence-electron chi connectivity index (χ2n) is 11.1. The number of benzene rings is 2. The van der Waals surface area contributed by atoms with E-state index in [-0.39, 0.29) is 60.9 Å². The Labute approximate surface area is 244 Å². The summed E-state index contributed by atoms with van der Waals surface area (Å²) in [5.74, 6) is 0.541. The topological polar surface area (TPSA) is 139 Å². The Morgan fingerprint density at radius 3 is 2.64 bits per heavy atom. The maximum atomic E-state index is 13.7. The van der Waals surface area contributed by atoms with Gasteiger partial charge < -0.3 is 44.5 Å². The zero-order valence-corrected chi connectivity index (χ0v) is 24.1. The van der Waals surface area contributed by atoms with Crippen LogP contribution in [0.1, 0.15) is 37.0 Å². The molecule has 4 amide bonds. The van der Waals surface area contributed by atoms with Crippen LogP contribution in [0, 0.1) is 11.8 Å². The summed E-state index contributed by atoms with van der Waals surface area (Å²) in [7, 11) is 1.66. The largest absolute Gasteiger partial charge is 0.485 e. The van der Waals surface area contributed by atoms with Crippen molar-refractivity contribution in [1.82, 2.24) is 9.80 Å². The molecular formula is C30H38N4O8. The van der Waals surface area contributed by atoms with Gasteiger partial charge in [-0.25, -0.2) is 4.79 Å². The minimum atomic E-state index is -0.543. The van der Waals surface area contributed by atoms with Crippen molar-refractivity contribution in [3.63, 3.8) is 0 Å². The van der Waals surface area contributed by atoms with Gasteiger partial charge in [-0.05, 0) is 44.0 Å². The van der Waals surface area contributed by atoms with Crippen molar-refractivity contribution in [1.29, 1.82) is 0 Å². The number of urea groups is 1. The van der Waals surface area contributed by atoms with Crippen molar-refractivity contribution in [2.45, 2.75) is 38.8 Å². The molecular weight excluding hydrogens is 544 g/mol. The van der Waals surface area contributed by atoms with Gasteiger partial charge >= 0.3 is 6.03 Å². The molecule has 5 rings (SSSR count). The summed E-state index contributed by atoms with van der Waals surface area (Å²) >= 11 is 0. The number of ether oxygens (including phenoxy) is 4. The predicted molar refractivity (Wildman–Crippen MR) is 154 cm³/mol. The van der Waals surface area contributed by atoms with E-state index in [9.17, 15) is 19.5 Å². The number of carbonyl (C=O) groups excluding carboxylic acids is 3. The summed E-state index contributed by atoms with van der Waals surface area (Å²) < 4.78 is 22.7. The number of carbonyl (C=O) groups is 3. The van der Waals surface area contributed by atoms with Crippen LogP contribution in [-0.2, 0) is 9.53 Å².